The number of methoxy groups -OCH3 is 1. The van der Waals surface area contributed by atoms with Crippen molar-refractivity contribution in [1.82, 2.24) is 5.32 Å². The van der Waals surface area contributed by atoms with Gasteiger partial charge in [-0.3, -0.25) is 4.79 Å². The van der Waals surface area contributed by atoms with Crippen LogP contribution in [-0.4, -0.2) is 26.2 Å². The maximum Gasteiger partial charge on any atom is 0.251 e. The van der Waals surface area contributed by atoms with Crippen LogP contribution in [0.2, 0.25) is 5.02 Å². The van der Waals surface area contributed by atoms with Gasteiger partial charge in [-0.25, -0.2) is 4.39 Å². The molecule has 0 aliphatic heterocycles. The van der Waals surface area contributed by atoms with Crippen molar-refractivity contribution in [3.8, 4) is 11.1 Å². The van der Waals surface area contributed by atoms with Crippen molar-refractivity contribution in [3.05, 3.63) is 93.1 Å². The van der Waals surface area contributed by atoms with Crippen LogP contribution >= 0.6 is 22.9 Å². The predicted octanol–water partition coefficient (Wildman–Crippen LogP) is 6.64. The Bertz CT molecular complexity index is 1280. The Morgan fingerprint density at radius 2 is 1.94 bits per heavy atom. The number of hydrogen-bond acceptors (Lipinski definition) is 3. The zero-order valence-corrected chi connectivity index (χ0v) is 19.4. The van der Waals surface area contributed by atoms with Gasteiger partial charge >= 0.3 is 0 Å². The van der Waals surface area contributed by atoms with Crippen LogP contribution in [0.3, 0.4) is 0 Å². The number of aryl methyl sites for hydroxylation is 1. The SMILES string of the molecule is COCCNC(=O)c1cccc(-c2cccc3c(C)c(Cc4ccc(F)c(Cl)c4)sc23)c1. The van der Waals surface area contributed by atoms with Crippen molar-refractivity contribution in [2.75, 3.05) is 20.3 Å². The maximum atomic E-state index is 13.5. The molecule has 1 heterocycles. The summed E-state index contributed by atoms with van der Waals surface area (Å²) in [5, 5.41) is 4.19. The van der Waals surface area contributed by atoms with Gasteiger partial charge < -0.3 is 10.1 Å². The molecule has 0 saturated carbocycles. The van der Waals surface area contributed by atoms with Crippen LogP contribution in [0.15, 0.2) is 60.7 Å². The van der Waals surface area contributed by atoms with Crippen molar-refractivity contribution in [3.63, 3.8) is 0 Å². The molecular formula is C26H23ClFNO2S. The number of carbonyl (C=O) groups excluding carboxylic acids is 1. The zero-order chi connectivity index (χ0) is 22.7. The number of amides is 1. The second-order valence-electron chi connectivity index (χ2n) is 7.59. The maximum absolute atomic E-state index is 13.5. The third-order valence-corrected chi connectivity index (χ3v) is 7.07. The van der Waals surface area contributed by atoms with Crippen LogP contribution in [0.25, 0.3) is 21.2 Å². The number of benzene rings is 3. The highest BCUT2D eigenvalue weighted by Gasteiger charge is 2.15. The van der Waals surface area contributed by atoms with Gasteiger partial charge in [0.05, 0.1) is 11.6 Å². The van der Waals surface area contributed by atoms with E-state index in [4.69, 9.17) is 16.3 Å². The van der Waals surface area contributed by atoms with Gasteiger partial charge in [-0.1, -0.05) is 48.0 Å². The van der Waals surface area contributed by atoms with Crippen LogP contribution in [0.4, 0.5) is 4.39 Å². The Morgan fingerprint density at radius 3 is 2.72 bits per heavy atom. The first kappa shape index (κ1) is 22.5. The Morgan fingerprint density at radius 1 is 1.12 bits per heavy atom. The highest BCUT2D eigenvalue weighted by Crippen LogP contribution is 2.39. The van der Waals surface area contributed by atoms with Gasteiger partial charge in [-0.15, -0.1) is 11.3 Å². The monoisotopic (exact) mass is 467 g/mol. The molecule has 4 rings (SSSR count). The molecule has 1 amide bonds. The van der Waals surface area contributed by atoms with Gasteiger partial charge in [0.1, 0.15) is 5.82 Å². The van der Waals surface area contributed by atoms with Gasteiger partial charge in [-0.05, 0) is 58.8 Å². The summed E-state index contributed by atoms with van der Waals surface area (Å²) in [7, 11) is 1.61. The Kier molecular flexibility index (Phi) is 6.89. The molecule has 164 valence electrons. The molecule has 1 aromatic heterocycles. The van der Waals surface area contributed by atoms with E-state index in [1.807, 2.05) is 30.3 Å². The van der Waals surface area contributed by atoms with Gasteiger partial charge in [0.15, 0.2) is 0 Å². The van der Waals surface area contributed by atoms with Crippen LogP contribution < -0.4 is 5.32 Å². The first-order chi connectivity index (χ1) is 15.5. The summed E-state index contributed by atoms with van der Waals surface area (Å²) in [5.74, 6) is -0.524. The number of rotatable bonds is 7. The highest BCUT2D eigenvalue weighted by atomic mass is 35.5. The average molecular weight is 468 g/mol. The zero-order valence-electron chi connectivity index (χ0n) is 17.9. The molecule has 0 spiro atoms. The molecule has 3 aromatic carbocycles. The molecule has 0 unspecified atom stereocenters. The predicted molar refractivity (Wildman–Crippen MR) is 130 cm³/mol. The molecule has 0 aliphatic carbocycles. The number of fused-ring (bicyclic) bond motifs is 1. The number of nitrogens with one attached hydrogen (secondary N) is 1. The van der Waals surface area contributed by atoms with Gasteiger partial charge in [0, 0.05) is 35.2 Å². The summed E-state index contributed by atoms with van der Waals surface area (Å²) in [4.78, 5) is 13.7. The number of thiophene rings is 1. The van der Waals surface area contributed by atoms with Gasteiger partial charge in [0.25, 0.3) is 5.91 Å². The number of hydrogen-bond donors (Lipinski definition) is 1. The average Bonchev–Trinajstić information content (AvgIpc) is 3.12. The fourth-order valence-electron chi connectivity index (χ4n) is 3.72. The minimum Gasteiger partial charge on any atom is -0.383 e. The molecule has 3 nitrogen and oxygen atoms in total. The van der Waals surface area contributed by atoms with Crippen LogP contribution in [0.5, 0.6) is 0 Å². The van der Waals surface area contributed by atoms with Crippen molar-refractivity contribution in [2.45, 2.75) is 13.3 Å². The lowest BCUT2D eigenvalue weighted by atomic mass is 9.99. The summed E-state index contributed by atoms with van der Waals surface area (Å²) < 4.78 is 19.7. The molecule has 0 atom stereocenters. The first-order valence-corrected chi connectivity index (χ1v) is 11.5. The molecule has 1 N–H and O–H groups in total. The Labute approximate surface area is 195 Å². The van der Waals surface area contributed by atoms with E-state index in [1.165, 1.54) is 26.6 Å². The van der Waals surface area contributed by atoms with E-state index >= 15 is 0 Å². The van der Waals surface area contributed by atoms with Crippen molar-refractivity contribution >= 4 is 38.9 Å². The first-order valence-electron chi connectivity index (χ1n) is 10.3. The third kappa shape index (κ3) is 4.70. The second-order valence-corrected chi connectivity index (χ2v) is 9.10. The van der Waals surface area contributed by atoms with E-state index < -0.39 is 5.82 Å². The Hall–Kier alpha value is -2.73. The highest BCUT2D eigenvalue weighted by molar-refractivity contribution is 7.19. The largest absolute Gasteiger partial charge is 0.383 e. The Balaban J connectivity index is 1.68. The van der Waals surface area contributed by atoms with Crippen LogP contribution in [0, 0.1) is 12.7 Å². The molecule has 0 aliphatic rings. The summed E-state index contributed by atoms with van der Waals surface area (Å²) in [6.45, 7) is 3.06. The molecule has 4 aromatic rings. The minimum absolute atomic E-state index is 0.118. The van der Waals surface area contributed by atoms with E-state index in [1.54, 1.807) is 30.6 Å². The quantitative estimate of drug-likeness (QED) is 0.309. The normalized spacial score (nSPS) is 11.1. The molecule has 32 heavy (non-hydrogen) atoms. The molecule has 0 saturated heterocycles. The lowest BCUT2D eigenvalue weighted by Crippen LogP contribution is -2.26. The fourth-order valence-corrected chi connectivity index (χ4v) is 5.30. The molecule has 0 bridgehead atoms. The summed E-state index contributed by atoms with van der Waals surface area (Å²) >= 11 is 7.70. The molecule has 0 radical (unpaired) electrons. The van der Waals surface area contributed by atoms with Crippen LogP contribution in [-0.2, 0) is 11.2 Å². The van der Waals surface area contributed by atoms with E-state index in [-0.39, 0.29) is 10.9 Å². The molecular weight excluding hydrogens is 445 g/mol. The number of halogens is 2. The topological polar surface area (TPSA) is 38.3 Å². The lowest BCUT2D eigenvalue weighted by molar-refractivity contribution is 0.0937. The van der Waals surface area contributed by atoms with Gasteiger partial charge in [-0.2, -0.15) is 0 Å². The summed E-state index contributed by atoms with van der Waals surface area (Å²) in [6.07, 6.45) is 0.687. The number of ether oxygens (including phenoxy) is 1. The van der Waals surface area contributed by atoms with E-state index in [9.17, 15) is 9.18 Å². The van der Waals surface area contributed by atoms with Crippen molar-refractivity contribution in [1.29, 1.82) is 0 Å². The van der Waals surface area contributed by atoms with E-state index in [0.717, 1.165) is 16.7 Å². The van der Waals surface area contributed by atoms with E-state index in [0.29, 0.717) is 25.1 Å². The molecule has 0 fully saturated rings. The second kappa shape index (κ2) is 9.82. The third-order valence-electron chi connectivity index (χ3n) is 5.44. The van der Waals surface area contributed by atoms with Crippen molar-refractivity contribution < 1.29 is 13.9 Å². The lowest BCUT2D eigenvalue weighted by Gasteiger charge is -2.08. The van der Waals surface area contributed by atoms with Gasteiger partial charge in [0.2, 0.25) is 0 Å². The van der Waals surface area contributed by atoms with Crippen LogP contribution in [0.1, 0.15) is 26.4 Å². The fraction of sp³-hybridized carbons (Fsp3) is 0.192. The standard InChI is InChI=1S/C26H23ClFNO2S/c1-16-20-7-4-8-21(18-5-3-6-19(15-18)26(30)29-11-12-31-2)25(20)32-24(16)14-17-9-10-23(28)22(27)13-17/h3-10,13,15H,11-12,14H2,1-2H3,(H,29,30). The number of carbonyl (C=O) groups is 1. The minimum atomic E-state index is -0.406. The van der Waals surface area contributed by atoms with E-state index in [2.05, 4.69) is 24.4 Å². The van der Waals surface area contributed by atoms with Crippen molar-refractivity contribution in [2.24, 2.45) is 0 Å². The molecule has 6 heteroatoms. The summed E-state index contributed by atoms with van der Waals surface area (Å²) in [5.41, 5.74) is 4.88. The smallest absolute Gasteiger partial charge is 0.251 e. The summed E-state index contributed by atoms with van der Waals surface area (Å²) in [6, 6.07) is 18.8.